The van der Waals surface area contributed by atoms with Crippen LogP contribution in [0.5, 0.6) is 11.5 Å². The summed E-state index contributed by atoms with van der Waals surface area (Å²) >= 11 is 0. The molecular weight excluding hydrogens is 362 g/mol. The fourth-order valence-electron chi connectivity index (χ4n) is 3.43. The third-order valence-corrected chi connectivity index (χ3v) is 5.24. The van der Waals surface area contributed by atoms with Gasteiger partial charge in [-0.3, -0.25) is 4.79 Å². The molecule has 1 unspecified atom stereocenters. The second-order valence-electron chi connectivity index (χ2n) is 7.64. The van der Waals surface area contributed by atoms with Crippen LogP contribution in [0, 0.1) is 13.8 Å². The zero-order valence-electron chi connectivity index (χ0n) is 17.8. The first-order valence-electron chi connectivity index (χ1n) is 9.96. The molecule has 0 aliphatic heterocycles. The van der Waals surface area contributed by atoms with Gasteiger partial charge in [-0.2, -0.15) is 0 Å². The Kier molecular flexibility index (Phi) is 6.42. The Bertz CT molecular complexity index is 992. The molecule has 0 heterocycles. The van der Waals surface area contributed by atoms with Gasteiger partial charge >= 0.3 is 0 Å². The average molecular weight is 392 g/mol. The molecule has 0 saturated heterocycles. The Hall–Kier alpha value is -3.01. The van der Waals surface area contributed by atoms with Crippen LogP contribution in [0.25, 0.3) is 10.8 Å². The third kappa shape index (κ3) is 4.89. The number of ether oxygens (including phenoxy) is 2. The summed E-state index contributed by atoms with van der Waals surface area (Å²) in [7, 11) is 1.66. The highest BCUT2D eigenvalue weighted by Crippen LogP contribution is 2.26. The van der Waals surface area contributed by atoms with E-state index in [0.29, 0.717) is 6.61 Å². The Morgan fingerprint density at radius 2 is 1.62 bits per heavy atom. The van der Waals surface area contributed by atoms with Crippen LogP contribution in [-0.2, 0) is 4.79 Å². The van der Waals surface area contributed by atoms with E-state index in [1.54, 1.807) is 7.11 Å². The summed E-state index contributed by atoms with van der Waals surface area (Å²) in [5, 5.41) is 5.26. The van der Waals surface area contributed by atoms with E-state index in [4.69, 9.17) is 9.47 Å². The maximum absolute atomic E-state index is 12.7. The molecule has 2 atom stereocenters. The van der Waals surface area contributed by atoms with Gasteiger partial charge in [-0.1, -0.05) is 42.5 Å². The molecular formula is C25H29NO3. The van der Waals surface area contributed by atoms with Gasteiger partial charge in [0, 0.05) is 0 Å². The minimum Gasteiger partial charge on any atom is -0.497 e. The second-order valence-corrected chi connectivity index (χ2v) is 7.64. The lowest BCUT2D eigenvalue weighted by Gasteiger charge is -2.20. The molecule has 0 spiro atoms. The molecule has 0 radical (unpaired) electrons. The molecule has 3 aromatic rings. The number of aryl methyl sites for hydroxylation is 2. The molecule has 0 aliphatic rings. The minimum absolute atomic E-state index is 0.00420. The van der Waals surface area contributed by atoms with Crippen LogP contribution in [0.3, 0.4) is 0 Å². The topological polar surface area (TPSA) is 47.6 Å². The number of methoxy groups -OCH3 is 1. The SMILES string of the molecule is COc1ccc2cc([C@H](C)C(=O)NC(C)COc3c(C)cccc3C)ccc2c1. The van der Waals surface area contributed by atoms with E-state index in [1.807, 2.05) is 76.2 Å². The molecule has 0 saturated carbocycles. The van der Waals surface area contributed by atoms with Gasteiger partial charge in [-0.25, -0.2) is 0 Å². The third-order valence-electron chi connectivity index (χ3n) is 5.24. The number of carbonyl (C=O) groups excluding carboxylic acids is 1. The molecule has 0 bridgehead atoms. The lowest BCUT2D eigenvalue weighted by atomic mass is 9.97. The van der Waals surface area contributed by atoms with Crippen molar-refractivity contribution in [1.29, 1.82) is 0 Å². The Balaban J connectivity index is 1.63. The summed E-state index contributed by atoms with van der Waals surface area (Å²) in [6.07, 6.45) is 0. The summed E-state index contributed by atoms with van der Waals surface area (Å²) in [6, 6.07) is 18.0. The second kappa shape index (κ2) is 8.99. The summed E-state index contributed by atoms with van der Waals surface area (Å²) in [6.45, 7) is 8.39. The number of para-hydroxylation sites is 1. The number of amides is 1. The smallest absolute Gasteiger partial charge is 0.227 e. The largest absolute Gasteiger partial charge is 0.497 e. The van der Waals surface area contributed by atoms with E-state index >= 15 is 0 Å². The van der Waals surface area contributed by atoms with Crippen molar-refractivity contribution in [2.24, 2.45) is 0 Å². The molecule has 3 rings (SSSR count). The number of hydrogen-bond acceptors (Lipinski definition) is 3. The van der Waals surface area contributed by atoms with Crippen molar-refractivity contribution in [3.63, 3.8) is 0 Å². The van der Waals surface area contributed by atoms with Gasteiger partial charge in [0.05, 0.1) is 19.1 Å². The first-order chi connectivity index (χ1) is 13.9. The van der Waals surface area contributed by atoms with Crippen LogP contribution in [0.1, 0.15) is 36.5 Å². The number of rotatable bonds is 7. The Morgan fingerprint density at radius 1 is 0.966 bits per heavy atom. The average Bonchev–Trinajstić information content (AvgIpc) is 2.72. The van der Waals surface area contributed by atoms with Crippen molar-refractivity contribution in [2.75, 3.05) is 13.7 Å². The van der Waals surface area contributed by atoms with Crippen molar-refractivity contribution < 1.29 is 14.3 Å². The number of carbonyl (C=O) groups is 1. The fourth-order valence-corrected chi connectivity index (χ4v) is 3.43. The normalized spacial score (nSPS) is 13.0. The lowest BCUT2D eigenvalue weighted by molar-refractivity contribution is -0.123. The summed E-state index contributed by atoms with van der Waals surface area (Å²) < 4.78 is 11.2. The van der Waals surface area contributed by atoms with Gasteiger partial charge in [-0.05, 0) is 67.3 Å². The molecule has 152 valence electrons. The van der Waals surface area contributed by atoms with E-state index in [0.717, 1.165) is 39.0 Å². The number of hydrogen-bond donors (Lipinski definition) is 1. The predicted molar refractivity (Wildman–Crippen MR) is 118 cm³/mol. The van der Waals surface area contributed by atoms with Gasteiger partial charge in [-0.15, -0.1) is 0 Å². The number of fused-ring (bicyclic) bond motifs is 1. The van der Waals surface area contributed by atoms with Crippen LogP contribution < -0.4 is 14.8 Å². The summed E-state index contributed by atoms with van der Waals surface area (Å²) in [5.41, 5.74) is 3.19. The number of benzene rings is 3. The van der Waals surface area contributed by atoms with E-state index < -0.39 is 0 Å². The van der Waals surface area contributed by atoms with Crippen LogP contribution in [0.15, 0.2) is 54.6 Å². The Labute approximate surface area is 172 Å². The summed E-state index contributed by atoms with van der Waals surface area (Å²) in [5.74, 6) is 1.47. The highest BCUT2D eigenvalue weighted by Gasteiger charge is 2.18. The van der Waals surface area contributed by atoms with E-state index in [-0.39, 0.29) is 17.9 Å². The van der Waals surface area contributed by atoms with E-state index in [1.165, 1.54) is 0 Å². The monoisotopic (exact) mass is 391 g/mol. The molecule has 1 N–H and O–H groups in total. The molecule has 4 nitrogen and oxygen atoms in total. The first kappa shape index (κ1) is 20.7. The summed E-state index contributed by atoms with van der Waals surface area (Å²) in [4.78, 5) is 12.7. The van der Waals surface area contributed by atoms with Crippen molar-refractivity contribution in [2.45, 2.75) is 39.7 Å². The molecule has 4 heteroatoms. The van der Waals surface area contributed by atoms with Gasteiger partial charge in [0.1, 0.15) is 18.1 Å². The molecule has 0 aliphatic carbocycles. The Morgan fingerprint density at radius 3 is 2.31 bits per heavy atom. The highest BCUT2D eigenvalue weighted by molar-refractivity contribution is 5.88. The predicted octanol–water partition coefficient (Wildman–Crippen LogP) is 5.15. The molecule has 0 aromatic heterocycles. The fraction of sp³-hybridized carbons (Fsp3) is 0.320. The molecule has 1 amide bonds. The van der Waals surface area contributed by atoms with Crippen LogP contribution >= 0.6 is 0 Å². The number of nitrogens with one attached hydrogen (secondary N) is 1. The maximum Gasteiger partial charge on any atom is 0.227 e. The lowest BCUT2D eigenvalue weighted by Crippen LogP contribution is -2.39. The zero-order valence-corrected chi connectivity index (χ0v) is 17.8. The van der Waals surface area contributed by atoms with Crippen molar-refractivity contribution in [3.8, 4) is 11.5 Å². The standard InChI is InChI=1S/C25H29NO3/c1-16-7-6-8-17(2)24(16)29-15-18(3)26-25(27)19(4)20-9-10-22-14-23(28-5)12-11-21(22)13-20/h6-14,18-19H,15H2,1-5H3,(H,26,27)/t18?,19-/m0/s1. The van der Waals surface area contributed by atoms with E-state index in [2.05, 4.69) is 11.4 Å². The van der Waals surface area contributed by atoms with Crippen LogP contribution in [-0.4, -0.2) is 25.7 Å². The highest BCUT2D eigenvalue weighted by atomic mass is 16.5. The van der Waals surface area contributed by atoms with Crippen molar-refractivity contribution in [3.05, 3.63) is 71.3 Å². The molecule has 29 heavy (non-hydrogen) atoms. The van der Waals surface area contributed by atoms with Gasteiger partial charge in [0.2, 0.25) is 5.91 Å². The van der Waals surface area contributed by atoms with Crippen LogP contribution in [0.2, 0.25) is 0 Å². The first-order valence-corrected chi connectivity index (χ1v) is 9.96. The van der Waals surface area contributed by atoms with E-state index in [9.17, 15) is 4.79 Å². The minimum atomic E-state index is -0.246. The van der Waals surface area contributed by atoms with Gasteiger partial charge in [0.15, 0.2) is 0 Å². The molecule has 3 aromatic carbocycles. The van der Waals surface area contributed by atoms with Gasteiger partial charge < -0.3 is 14.8 Å². The zero-order chi connectivity index (χ0) is 21.0. The molecule has 0 fully saturated rings. The van der Waals surface area contributed by atoms with Gasteiger partial charge in [0.25, 0.3) is 0 Å². The maximum atomic E-state index is 12.7. The van der Waals surface area contributed by atoms with Crippen molar-refractivity contribution in [1.82, 2.24) is 5.32 Å². The van der Waals surface area contributed by atoms with Crippen molar-refractivity contribution >= 4 is 16.7 Å². The van der Waals surface area contributed by atoms with Crippen LogP contribution in [0.4, 0.5) is 0 Å². The quantitative estimate of drug-likeness (QED) is 0.606.